The summed E-state index contributed by atoms with van der Waals surface area (Å²) in [6, 6.07) is 7.97. The maximum absolute atomic E-state index is 12.3. The summed E-state index contributed by atoms with van der Waals surface area (Å²) in [6.07, 6.45) is 0.657. The zero-order chi connectivity index (χ0) is 15.3. The van der Waals surface area contributed by atoms with Crippen molar-refractivity contribution in [1.29, 1.82) is 0 Å². The second kappa shape index (κ2) is 6.52. The van der Waals surface area contributed by atoms with Gasteiger partial charge in [-0.05, 0) is 18.4 Å². The first kappa shape index (κ1) is 16.2. The SMILES string of the molecule is CCC(C)C(NC(=O)C(C)(N)c1ccccc1)C(=O)O. The predicted octanol–water partition coefficient (Wildman–Crippen LogP) is 1.48. The van der Waals surface area contributed by atoms with E-state index in [1.165, 1.54) is 0 Å². The van der Waals surface area contributed by atoms with Gasteiger partial charge in [-0.3, -0.25) is 4.79 Å². The molecule has 1 rings (SSSR count). The van der Waals surface area contributed by atoms with Gasteiger partial charge in [0.1, 0.15) is 11.6 Å². The number of hydrogen-bond acceptors (Lipinski definition) is 3. The Kier molecular flexibility index (Phi) is 5.27. The Morgan fingerprint density at radius 2 is 1.90 bits per heavy atom. The molecule has 1 aromatic rings. The third kappa shape index (κ3) is 3.57. The maximum atomic E-state index is 12.3. The summed E-state index contributed by atoms with van der Waals surface area (Å²) in [6.45, 7) is 5.24. The van der Waals surface area contributed by atoms with E-state index in [0.29, 0.717) is 12.0 Å². The van der Waals surface area contributed by atoms with Gasteiger partial charge in [-0.1, -0.05) is 50.6 Å². The van der Waals surface area contributed by atoms with Gasteiger partial charge >= 0.3 is 5.97 Å². The third-order valence-corrected chi connectivity index (χ3v) is 3.61. The number of carbonyl (C=O) groups excluding carboxylic acids is 1. The molecule has 0 spiro atoms. The molecular formula is C15H22N2O3. The molecule has 0 aliphatic heterocycles. The molecule has 0 aliphatic rings. The van der Waals surface area contributed by atoms with Crippen LogP contribution in [0.1, 0.15) is 32.8 Å². The highest BCUT2D eigenvalue weighted by Gasteiger charge is 2.34. The highest BCUT2D eigenvalue weighted by atomic mass is 16.4. The zero-order valence-electron chi connectivity index (χ0n) is 12.1. The van der Waals surface area contributed by atoms with Crippen LogP contribution in [0.25, 0.3) is 0 Å². The van der Waals surface area contributed by atoms with Crippen molar-refractivity contribution in [3.8, 4) is 0 Å². The fourth-order valence-electron chi connectivity index (χ4n) is 1.89. The fourth-order valence-corrected chi connectivity index (χ4v) is 1.89. The molecule has 1 aromatic carbocycles. The first-order valence-electron chi connectivity index (χ1n) is 6.68. The van der Waals surface area contributed by atoms with Gasteiger partial charge in [-0.25, -0.2) is 4.79 Å². The van der Waals surface area contributed by atoms with Crippen molar-refractivity contribution in [2.45, 2.75) is 38.8 Å². The molecule has 3 unspecified atom stereocenters. The van der Waals surface area contributed by atoms with Gasteiger partial charge in [0.2, 0.25) is 5.91 Å². The number of carboxylic acids is 1. The molecule has 0 bridgehead atoms. The van der Waals surface area contributed by atoms with Gasteiger partial charge in [0, 0.05) is 0 Å². The van der Waals surface area contributed by atoms with E-state index >= 15 is 0 Å². The topological polar surface area (TPSA) is 92.4 Å². The van der Waals surface area contributed by atoms with Crippen LogP contribution in [0.15, 0.2) is 30.3 Å². The summed E-state index contributed by atoms with van der Waals surface area (Å²) in [7, 11) is 0. The second-order valence-corrected chi connectivity index (χ2v) is 5.24. The number of rotatable bonds is 6. The first-order valence-corrected chi connectivity index (χ1v) is 6.68. The first-order chi connectivity index (χ1) is 9.30. The van der Waals surface area contributed by atoms with E-state index in [1.54, 1.807) is 38.1 Å². The molecule has 0 saturated carbocycles. The molecule has 5 heteroatoms. The number of nitrogens with one attached hydrogen (secondary N) is 1. The molecular weight excluding hydrogens is 256 g/mol. The Morgan fingerprint density at radius 3 is 2.35 bits per heavy atom. The number of carbonyl (C=O) groups is 2. The quantitative estimate of drug-likeness (QED) is 0.734. The molecule has 0 saturated heterocycles. The minimum Gasteiger partial charge on any atom is -0.480 e. The van der Waals surface area contributed by atoms with E-state index in [-0.39, 0.29) is 5.92 Å². The number of benzene rings is 1. The van der Waals surface area contributed by atoms with Crippen molar-refractivity contribution in [1.82, 2.24) is 5.32 Å². The summed E-state index contributed by atoms with van der Waals surface area (Å²) in [4.78, 5) is 23.5. The summed E-state index contributed by atoms with van der Waals surface area (Å²) in [5, 5.41) is 11.7. The molecule has 1 amide bonds. The van der Waals surface area contributed by atoms with Crippen LogP contribution in [0.3, 0.4) is 0 Å². The molecule has 0 aromatic heterocycles. The minimum atomic E-state index is -1.26. The summed E-state index contributed by atoms with van der Waals surface area (Å²) >= 11 is 0. The smallest absolute Gasteiger partial charge is 0.326 e. The van der Waals surface area contributed by atoms with Crippen LogP contribution in [0.2, 0.25) is 0 Å². The number of nitrogens with two attached hydrogens (primary N) is 1. The van der Waals surface area contributed by atoms with Crippen LogP contribution in [0.4, 0.5) is 0 Å². The molecule has 110 valence electrons. The molecule has 20 heavy (non-hydrogen) atoms. The Labute approximate surface area is 119 Å². The lowest BCUT2D eigenvalue weighted by molar-refractivity contribution is -0.144. The number of hydrogen-bond donors (Lipinski definition) is 3. The van der Waals surface area contributed by atoms with Crippen molar-refractivity contribution in [2.24, 2.45) is 11.7 Å². The van der Waals surface area contributed by atoms with E-state index in [9.17, 15) is 14.7 Å². The molecule has 0 heterocycles. The van der Waals surface area contributed by atoms with Crippen LogP contribution in [0, 0.1) is 5.92 Å². The normalized spacial score (nSPS) is 16.8. The number of aliphatic carboxylic acids is 1. The Hall–Kier alpha value is -1.88. The van der Waals surface area contributed by atoms with Gasteiger partial charge in [0.15, 0.2) is 0 Å². The van der Waals surface area contributed by atoms with Gasteiger partial charge < -0.3 is 16.2 Å². The summed E-state index contributed by atoms with van der Waals surface area (Å²) in [5.41, 5.74) is 5.45. The van der Waals surface area contributed by atoms with E-state index in [2.05, 4.69) is 5.32 Å². The lowest BCUT2D eigenvalue weighted by atomic mass is 9.90. The standard InChI is InChI=1S/C15H22N2O3/c1-4-10(2)12(13(18)19)17-14(20)15(3,16)11-8-6-5-7-9-11/h5-10,12H,4,16H2,1-3H3,(H,17,20)(H,18,19). The number of carboxylic acid groups (broad SMARTS) is 1. The summed E-state index contributed by atoms with van der Waals surface area (Å²) in [5.74, 6) is -1.70. The highest BCUT2D eigenvalue weighted by Crippen LogP contribution is 2.18. The van der Waals surface area contributed by atoms with Crippen LogP contribution in [0.5, 0.6) is 0 Å². The molecule has 3 atom stereocenters. The Balaban J connectivity index is 2.91. The minimum absolute atomic E-state index is 0.164. The highest BCUT2D eigenvalue weighted by molar-refractivity contribution is 5.90. The van der Waals surface area contributed by atoms with Gasteiger partial charge in [-0.15, -0.1) is 0 Å². The average Bonchev–Trinajstić information content (AvgIpc) is 2.44. The zero-order valence-corrected chi connectivity index (χ0v) is 12.1. The van der Waals surface area contributed by atoms with E-state index < -0.39 is 23.5 Å². The number of amides is 1. The maximum Gasteiger partial charge on any atom is 0.326 e. The Bertz CT molecular complexity index is 471. The van der Waals surface area contributed by atoms with E-state index in [0.717, 1.165) is 0 Å². The van der Waals surface area contributed by atoms with E-state index in [1.807, 2.05) is 13.0 Å². The molecule has 0 radical (unpaired) electrons. The van der Waals surface area contributed by atoms with Gasteiger partial charge in [0.05, 0.1) is 0 Å². The molecule has 5 nitrogen and oxygen atoms in total. The van der Waals surface area contributed by atoms with Crippen molar-refractivity contribution in [3.05, 3.63) is 35.9 Å². The lowest BCUT2D eigenvalue weighted by Crippen LogP contribution is -2.55. The van der Waals surface area contributed by atoms with Crippen LogP contribution >= 0.6 is 0 Å². The molecule has 4 N–H and O–H groups in total. The van der Waals surface area contributed by atoms with Crippen LogP contribution in [-0.4, -0.2) is 23.0 Å². The van der Waals surface area contributed by atoms with Crippen molar-refractivity contribution in [3.63, 3.8) is 0 Å². The third-order valence-electron chi connectivity index (χ3n) is 3.61. The fraction of sp³-hybridized carbons (Fsp3) is 0.467. The van der Waals surface area contributed by atoms with E-state index in [4.69, 9.17) is 5.73 Å². The second-order valence-electron chi connectivity index (χ2n) is 5.24. The lowest BCUT2D eigenvalue weighted by Gasteiger charge is -2.28. The van der Waals surface area contributed by atoms with Gasteiger partial charge in [0.25, 0.3) is 0 Å². The average molecular weight is 278 g/mol. The van der Waals surface area contributed by atoms with Crippen molar-refractivity contribution < 1.29 is 14.7 Å². The van der Waals surface area contributed by atoms with Crippen molar-refractivity contribution >= 4 is 11.9 Å². The summed E-state index contributed by atoms with van der Waals surface area (Å²) < 4.78 is 0. The monoisotopic (exact) mass is 278 g/mol. The predicted molar refractivity (Wildman–Crippen MR) is 77.0 cm³/mol. The van der Waals surface area contributed by atoms with Crippen LogP contribution in [-0.2, 0) is 15.1 Å². The largest absolute Gasteiger partial charge is 0.480 e. The molecule has 0 aliphatic carbocycles. The van der Waals surface area contributed by atoms with Gasteiger partial charge in [-0.2, -0.15) is 0 Å². The van der Waals surface area contributed by atoms with Crippen LogP contribution < -0.4 is 11.1 Å². The van der Waals surface area contributed by atoms with Crippen molar-refractivity contribution in [2.75, 3.05) is 0 Å². The Morgan fingerprint density at radius 1 is 1.35 bits per heavy atom. The molecule has 0 fully saturated rings.